The minimum atomic E-state index is -4.51. The summed E-state index contributed by atoms with van der Waals surface area (Å²) in [5, 5.41) is 11.2. The monoisotopic (exact) mass is 290 g/mol. The molecule has 0 spiro atoms. The summed E-state index contributed by atoms with van der Waals surface area (Å²) in [6.45, 7) is -0.454. The first kappa shape index (κ1) is 14.9. The molecule has 0 saturated heterocycles. The number of hydrogen-bond acceptors (Lipinski definition) is 2. The highest BCUT2D eigenvalue weighted by molar-refractivity contribution is 5.65. The summed E-state index contributed by atoms with van der Waals surface area (Å²) >= 11 is 0. The Balaban J connectivity index is 2.02. The van der Waals surface area contributed by atoms with Crippen LogP contribution in [0.4, 0.5) is 18.9 Å². The summed E-state index contributed by atoms with van der Waals surface area (Å²) in [7, 11) is 0. The molecule has 2 nitrogen and oxygen atoms in total. The van der Waals surface area contributed by atoms with Crippen LogP contribution in [0.2, 0.25) is 0 Å². The number of nitrogens with zero attached hydrogens (tertiary/aromatic N) is 1. The van der Waals surface area contributed by atoms with Crippen molar-refractivity contribution >= 4 is 5.69 Å². The number of nitriles is 1. The SMILES string of the molecule is N#CC(CNc1ccc(-c2ccccc2)cc1)C(F)(F)F. The summed E-state index contributed by atoms with van der Waals surface area (Å²) in [6, 6.07) is 18.0. The molecule has 0 heterocycles. The Morgan fingerprint density at radius 2 is 1.52 bits per heavy atom. The highest BCUT2D eigenvalue weighted by Gasteiger charge is 2.39. The van der Waals surface area contributed by atoms with Gasteiger partial charge >= 0.3 is 6.18 Å². The average Bonchev–Trinajstić information content (AvgIpc) is 2.48. The van der Waals surface area contributed by atoms with Crippen molar-refractivity contribution in [2.45, 2.75) is 6.18 Å². The van der Waals surface area contributed by atoms with Crippen molar-refractivity contribution in [1.82, 2.24) is 0 Å². The Morgan fingerprint density at radius 3 is 2.05 bits per heavy atom. The molecule has 2 rings (SSSR count). The summed E-state index contributed by atoms with van der Waals surface area (Å²) in [5.74, 6) is -2.01. The third-order valence-electron chi connectivity index (χ3n) is 3.05. The Labute approximate surface area is 120 Å². The molecule has 1 N–H and O–H groups in total. The second kappa shape index (κ2) is 6.31. The standard InChI is InChI=1S/C16H13F3N2/c17-16(18,19)14(10-20)11-21-15-8-6-13(7-9-15)12-4-2-1-3-5-12/h1-9,14,21H,11H2. The predicted octanol–water partition coefficient (Wildman–Crippen LogP) is 4.47. The molecule has 108 valence electrons. The molecule has 5 heteroatoms. The molecule has 0 amide bonds. The summed E-state index contributed by atoms with van der Waals surface area (Å²) < 4.78 is 37.3. The van der Waals surface area contributed by atoms with E-state index in [1.165, 1.54) is 6.07 Å². The van der Waals surface area contributed by atoms with Gasteiger partial charge in [-0.2, -0.15) is 18.4 Å². The fourth-order valence-electron chi connectivity index (χ4n) is 1.87. The number of rotatable bonds is 4. The highest BCUT2D eigenvalue weighted by Crippen LogP contribution is 2.26. The minimum absolute atomic E-state index is 0.454. The molecule has 0 saturated carbocycles. The summed E-state index contributed by atoms with van der Waals surface area (Å²) in [5.41, 5.74) is 2.57. The van der Waals surface area contributed by atoms with Gasteiger partial charge in [-0.3, -0.25) is 0 Å². The van der Waals surface area contributed by atoms with Crippen LogP contribution in [-0.2, 0) is 0 Å². The molecule has 1 unspecified atom stereocenters. The van der Waals surface area contributed by atoms with Crippen molar-refractivity contribution in [2.75, 3.05) is 11.9 Å². The molecule has 0 aliphatic heterocycles. The number of halogens is 3. The van der Waals surface area contributed by atoms with Gasteiger partial charge in [0.1, 0.15) is 0 Å². The highest BCUT2D eigenvalue weighted by atomic mass is 19.4. The largest absolute Gasteiger partial charge is 0.406 e. The molecule has 0 aliphatic carbocycles. The predicted molar refractivity (Wildman–Crippen MR) is 75.5 cm³/mol. The van der Waals surface area contributed by atoms with Gasteiger partial charge in [-0.25, -0.2) is 0 Å². The number of hydrogen-bond donors (Lipinski definition) is 1. The van der Waals surface area contributed by atoms with E-state index >= 15 is 0 Å². The quantitative estimate of drug-likeness (QED) is 0.902. The van der Waals surface area contributed by atoms with Crippen LogP contribution in [-0.4, -0.2) is 12.7 Å². The van der Waals surface area contributed by atoms with E-state index in [0.717, 1.165) is 11.1 Å². The lowest BCUT2D eigenvalue weighted by molar-refractivity contribution is -0.155. The van der Waals surface area contributed by atoms with Gasteiger partial charge in [0, 0.05) is 12.2 Å². The zero-order chi connectivity index (χ0) is 15.3. The zero-order valence-corrected chi connectivity index (χ0v) is 11.1. The molecule has 0 radical (unpaired) electrons. The lowest BCUT2D eigenvalue weighted by atomic mass is 10.1. The second-order valence-electron chi connectivity index (χ2n) is 4.55. The van der Waals surface area contributed by atoms with Gasteiger partial charge in [0.05, 0.1) is 6.07 Å². The van der Waals surface area contributed by atoms with Gasteiger partial charge in [0.25, 0.3) is 0 Å². The van der Waals surface area contributed by atoms with Crippen LogP contribution in [0.3, 0.4) is 0 Å². The van der Waals surface area contributed by atoms with Crippen LogP contribution in [0.5, 0.6) is 0 Å². The lowest BCUT2D eigenvalue weighted by Gasteiger charge is -2.14. The van der Waals surface area contributed by atoms with E-state index < -0.39 is 18.6 Å². The van der Waals surface area contributed by atoms with Gasteiger partial charge in [0.15, 0.2) is 5.92 Å². The molecular formula is C16H13F3N2. The first-order chi connectivity index (χ1) is 10.0. The molecule has 2 aromatic rings. The maximum absolute atomic E-state index is 12.4. The first-order valence-corrected chi connectivity index (χ1v) is 6.36. The molecular weight excluding hydrogens is 277 g/mol. The van der Waals surface area contributed by atoms with Crippen molar-refractivity contribution in [1.29, 1.82) is 5.26 Å². The average molecular weight is 290 g/mol. The molecule has 1 atom stereocenters. The number of benzene rings is 2. The summed E-state index contributed by atoms with van der Waals surface area (Å²) in [4.78, 5) is 0. The lowest BCUT2D eigenvalue weighted by Crippen LogP contribution is -2.28. The Kier molecular flexibility index (Phi) is 4.49. The minimum Gasteiger partial charge on any atom is -0.383 e. The van der Waals surface area contributed by atoms with Crippen molar-refractivity contribution in [3.63, 3.8) is 0 Å². The van der Waals surface area contributed by atoms with E-state index in [2.05, 4.69) is 5.32 Å². The van der Waals surface area contributed by atoms with E-state index in [0.29, 0.717) is 5.69 Å². The van der Waals surface area contributed by atoms with Crippen molar-refractivity contribution < 1.29 is 13.2 Å². The normalized spacial score (nSPS) is 12.5. The fraction of sp³-hybridized carbons (Fsp3) is 0.188. The van der Waals surface area contributed by atoms with Crippen molar-refractivity contribution in [3.8, 4) is 17.2 Å². The van der Waals surface area contributed by atoms with Crippen LogP contribution in [0.25, 0.3) is 11.1 Å². The van der Waals surface area contributed by atoms with Crippen LogP contribution in [0, 0.1) is 17.2 Å². The second-order valence-corrected chi connectivity index (χ2v) is 4.55. The fourth-order valence-corrected chi connectivity index (χ4v) is 1.87. The smallest absolute Gasteiger partial charge is 0.383 e. The molecule has 0 aliphatic rings. The Morgan fingerprint density at radius 1 is 0.952 bits per heavy atom. The maximum Gasteiger partial charge on any atom is 0.406 e. The Bertz CT molecular complexity index is 613. The third kappa shape index (κ3) is 3.99. The van der Waals surface area contributed by atoms with Gasteiger partial charge in [0.2, 0.25) is 0 Å². The van der Waals surface area contributed by atoms with Crippen molar-refractivity contribution in [2.24, 2.45) is 5.92 Å². The van der Waals surface area contributed by atoms with E-state index in [1.54, 1.807) is 12.1 Å². The van der Waals surface area contributed by atoms with E-state index in [4.69, 9.17) is 5.26 Å². The molecule has 2 aromatic carbocycles. The van der Waals surface area contributed by atoms with Crippen LogP contribution in [0.1, 0.15) is 0 Å². The molecule has 0 aromatic heterocycles. The van der Waals surface area contributed by atoms with E-state index in [9.17, 15) is 13.2 Å². The van der Waals surface area contributed by atoms with Crippen LogP contribution in [0.15, 0.2) is 54.6 Å². The van der Waals surface area contributed by atoms with Gasteiger partial charge in [-0.15, -0.1) is 0 Å². The summed E-state index contributed by atoms with van der Waals surface area (Å²) in [6.07, 6.45) is -4.51. The van der Waals surface area contributed by atoms with Crippen molar-refractivity contribution in [3.05, 3.63) is 54.6 Å². The van der Waals surface area contributed by atoms with Crippen LogP contribution < -0.4 is 5.32 Å². The number of alkyl halides is 3. The number of nitrogens with one attached hydrogen (secondary N) is 1. The van der Waals surface area contributed by atoms with E-state index in [1.807, 2.05) is 42.5 Å². The Hall–Kier alpha value is -2.48. The molecule has 21 heavy (non-hydrogen) atoms. The molecule has 0 bridgehead atoms. The van der Waals surface area contributed by atoms with Gasteiger partial charge in [-0.05, 0) is 23.3 Å². The van der Waals surface area contributed by atoms with Gasteiger partial charge in [-0.1, -0.05) is 42.5 Å². The first-order valence-electron chi connectivity index (χ1n) is 6.36. The number of anilines is 1. The zero-order valence-electron chi connectivity index (χ0n) is 11.1. The molecule has 0 fully saturated rings. The third-order valence-corrected chi connectivity index (χ3v) is 3.05. The van der Waals surface area contributed by atoms with Gasteiger partial charge < -0.3 is 5.32 Å². The van der Waals surface area contributed by atoms with E-state index in [-0.39, 0.29) is 0 Å². The topological polar surface area (TPSA) is 35.8 Å². The maximum atomic E-state index is 12.4. The van der Waals surface area contributed by atoms with Crippen LogP contribution >= 0.6 is 0 Å².